The fraction of sp³-hybridized carbons (Fsp3) is 0. The molecule has 1 aromatic carbocycles. The van der Waals surface area contributed by atoms with Crippen LogP contribution in [0.4, 0.5) is 5.69 Å². The van der Waals surface area contributed by atoms with Gasteiger partial charge >= 0.3 is 0 Å². The van der Waals surface area contributed by atoms with Crippen LogP contribution in [0.3, 0.4) is 0 Å². The van der Waals surface area contributed by atoms with Gasteiger partial charge in [0.1, 0.15) is 12.7 Å². The molecular weight excluding hydrogens is 249 g/mol. The highest BCUT2D eigenvalue weighted by molar-refractivity contribution is 6.37. The lowest BCUT2D eigenvalue weighted by atomic mass is 10.1. The number of nitrogens with zero attached hydrogens (tertiary/aromatic N) is 4. The lowest BCUT2D eigenvalue weighted by Gasteiger charge is -2.05. The lowest BCUT2D eigenvalue weighted by Crippen LogP contribution is -1.90. The second-order valence-electron chi connectivity index (χ2n) is 2.86. The molecule has 0 aliphatic carbocycles. The number of halogens is 2. The molecule has 0 amide bonds. The summed E-state index contributed by atoms with van der Waals surface area (Å²) in [4.78, 5) is 11.6. The SMILES string of the molecule is N=Nc1cc(Cl)cc(Cl)c1-c1ncncn1. The minimum atomic E-state index is 0.323. The number of nitrogens with one attached hydrogen (secondary N) is 1. The predicted octanol–water partition coefficient (Wildman–Crippen LogP) is 3.51. The van der Waals surface area contributed by atoms with Crippen LogP contribution in [0.5, 0.6) is 0 Å². The second kappa shape index (κ2) is 4.51. The first-order valence-corrected chi connectivity index (χ1v) is 4.97. The van der Waals surface area contributed by atoms with E-state index < -0.39 is 0 Å². The molecule has 0 unspecified atom stereocenters. The quantitative estimate of drug-likeness (QED) is 0.833. The van der Waals surface area contributed by atoms with E-state index in [1.165, 1.54) is 18.7 Å². The van der Waals surface area contributed by atoms with Gasteiger partial charge in [-0.05, 0) is 12.1 Å². The van der Waals surface area contributed by atoms with Crippen molar-refractivity contribution in [2.75, 3.05) is 0 Å². The summed E-state index contributed by atoms with van der Waals surface area (Å²) in [5.74, 6) is 0.364. The van der Waals surface area contributed by atoms with Crippen LogP contribution in [0.1, 0.15) is 0 Å². The van der Waals surface area contributed by atoms with Crippen LogP contribution in [0.2, 0.25) is 10.0 Å². The van der Waals surface area contributed by atoms with Crippen LogP contribution >= 0.6 is 23.2 Å². The molecule has 0 saturated carbocycles. The molecule has 2 rings (SSSR count). The first-order chi connectivity index (χ1) is 7.72. The number of benzene rings is 1. The molecule has 0 spiro atoms. The fourth-order valence-corrected chi connectivity index (χ4v) is 1.81. The van der Waals surface area contributed by atoms with Crippen molar-refractivity contribution in [1.82, 2.24) is 15.0 Å². The standard InChI is InChI=1S/C9H5Cl2N5/c10-5-1-6(11)8(7(2-5)16-12)9-14-3-13-4-15-9/h1-4,12H. The molecule has 0 fully saturated rings. The summed E-state index contributed by atoms with van der Waals surface area (Å²) in [5.41, 5.74) is 7.86. The van der Waals surface area contributed by atoms with E-state index in [1.807, 2.05) is 0 Å². The van der Waals surface area contributed by atoms with E-state index in [0.717, 1.165) is 0 Å². The molecule has 1 heterocycles. The fourth-order valence-electron chi connectivity index (χ4n) is 1.24. The first kappa shape index (κ1) is 10.9. The molecule has 0 bridgehead atoms. The largest absolute Gasteiger partial charge is 0.225 e. The highest BCUT2D eigenvalue weighted by Gasteiger charge is 2.13. The van der Waals surface area contributed by atoms with Crippen LogP contribution in [-0.2, 0) is 0 Å². The van der Waals surface area contributed by atoms with E-state index in [0.29, 0.717) is 27.1 Å². The molecule has 1 aromatic heterocycles. The smallest absolute Gasteiger partial charge is 0.166 e. The molecule has 0 saturated heterocycles. The van der Waals surface area contributed by atoms with Gasteiger partial charge in [-0.3, -0.25) is 0 Å². The summed E-state index contributed by atoms with van der Waals surface area (Å²) in [6.07, 6.45) is 2.70. The number of hydrogen-bond donors (Lipinski definition) is 1. The Morgan fingerprint density at radius 1 is 1.12 bits per heavy atom. The Morgan fingerprint density at radius 3 is 2.44 bits per heavy atom. The molecule has 7 heteroatoms. The Balaban J connectivity index is 2.69. The third kappa shape index (κ3) is 2.00. The zero-order valence-corrected chi connectivity index (χ0v) is 9.37. The zero-order chi connectivity index (χ0) is 11.5. The molecule has 80 valence electrons. The molecule has 5 nitrogen and oxygen atoms in total. The van der Waals surface area contributed by atoms with Gasteiger partial charge in [-0.2, -0.15) is 5.11 Å². The van der Waals surface area contributed by atoms with Crippen LogP contribution < -0.4 is 0 Å². The van der Waals surface area contributed by atoms with Crippen LogP contribution in [-0.4, -0.2) is 15.0 Å². The van der Waals surface area contributed by atoms with E-state index in [2.05, 4.69) is 20.1 Å². The molecular formula is C9H5Cl2N5. The minimum absolute atomic E-state index is 0.323. The van der Waals surface area contributed by atoms with E-state index in [9.17, 15) is 0 Å². The van der Waals surface area contributed by atoms with Gasteiger partial charge in [0.2, 0.25) is 0 Å². The number of aromatic nitrogens is 3. The van der Waals surface area contributed by atoms with Gasteiger partial charge in [-0.25, -0.2) is 20.5 Å². The molecule has 16 heavy (non-hydrogen) atoms. The number of rotatable bonds is 2. The van der Waals surface area contributed by atoms with E-state index in [-0.39, 0.29) is 0 Å². The Bertz CT molecular complexity index is 529. The maximum absolute atomic E-state index is 7.06. The molecule has 0 atom stereocenters. The van der Waals surface area contributed by atoms with Crippen molar-refractivity contribution in [2.24, 2.45) is 5.11 Å². The normalized spacial score (nSPS) is 10.1. The number of hydrogen-bond acceptors (Lipinski definition) is 5. The molecule has 2 aromatic rings. The van der Waals surface area contributed by atoms with Crippen molar-refractivity contribution >= 4 is 28.9 Å². The van der Waals surface area contributed by atoms with E-state index in [1.54, 1.807) is 6.07 Å². The Kier molecular flexibility index (Phi) is 3.07. The average molecular weight is 254 g/mol. The third-order valence-corrected chi connectivity index (χ3v) is 2.39. The molecule has 0 radical (unpaired) electrons. The van der Waals surface area contributed by atoms with Crippen molar-refractivity contribution in [3.05, 3.63) is 34.8 Å². The Labute approximate surface area is 101 Å². The van der Waals surface area contributed by atoms with Gasteiger partial charge in [0.05, 0.1) is 16.3 Å². The summed E-state index contributed by atoms with van der Waals surface area (Å²) < 4.78 is 0. The van der Waals surface area contributed by atoms with Gasteiger partial charge in [0.25, 0.3) is 0 Å². The average Bonchev–Trinajstić information content (AvgIpc) is 2.29. The van der Waals surface area contributed by atoms with Crippen molar-refractivity contribution in [3.8, 4) is 11.4 Å². The van der Waals surface area contributed by atoms with Gasteiger partial charge in [-0.15, -0.1) is 0 Å². The summed E-state index contributed by atoms with van der Waals surface area (Å²) in [6.45, 7) is 0. The van der Waals surface area contributed by atoms with Crippen molar-refractivity contribution < 1.29 is 0 Å². The summed E-state index contributed by atoms with van der Waals surface area (Å²) in [7, 11) is 0. The molecule has 0 aliphatic rings. The van der Waals surface area contributed by atoms with Crippen LogP contribution in [0.15, 0.2) is 29.9 Å². The van der Waals surface area contributed by atoms with Gasteiger partial charge in [0.15, 0.2) is 5.82 Å². The minimum Gasteiger partial charge on any atom is -0.225 e. The topological polar surface area (TPSA) is 74.9 Å². The lowest BCUT2D eigenvalue weighted by molar-refractivity contribution is 1.05. The Morgan fingerprint density at radius 2 is 1.81 bits per heavy atom. The van der Waals surface area contributed by atoms with Crippen molar-refractivity contribution in [3.63, 3.8) is 0 Å². The predicted molar refractivity (Wildman–Crippen MR) is 60.1 cm³/mol. The van der Waals surface area contributed by atoms with Crippen LogP contribution in [0.25, 0.3) is 11.4 Å². The Hall–Kier alpha value is -1.59. The van der Waals surface area contributed by atoms with Crippen LogP contribution in [0, 0.1) is 5.53 Å². The zero-order valence-electron chi connectivity index (χ0n) is 7.85. The van der Waals surface area contributed by atoms with Gasteiger partial charge in [-0.1, -0.05) is 23.2 Å². The summed E-state index contributed by atoms with van der Waals surface area (Å²) >= 11 is 11.8. The van der Waals surface area contributed by atoms with Crippen molar-refractivity contribution in [1.29, 1.82) is 5.53 Å². The second-order valence-corrected chi connectivity index (χ2v) is 3.70. The molecule has 1 N–H and O–H groups in total. The first-order valence-electron chi connectivity index (χ1n) is 4.21. The third-order valence-electron chi connectivity index (χ3n) is 1.87. The van der Waals surface area contributed by atoms with Crippen molar-refractivity contribution in [2.45, 2.75) is 0 Å². The van der Waals surface area contributed by atoms with Gasteiger partial charge in [0, 0.05) is 5.02 Å². The van der Waals surface area contributed by atoms with E-state index in [4.69, 9.17) is 28.7 Å². The monoisotopic (exact) mass is 253 g/mol. The highest BCUT2D eigenvalue weighted by Crippen LogP contribution is 2.37. The maximum atomic E-state index is 7.06. The molecule has 0 aliphatic heterocycles. The maximum Gasteiger partial charge on any atom is 0.166 e. The summed E-state index contributed by atoms with van der Waals surface area (Å²) in [5, 5.41) is 4.11. The van der Waals surface area contributed by atoms with Gasteiger partial charge < -0.3 is 0 Å². The highest BCUT2D eigenvalue weighted by atomic mass is 35.5. The van der Waals surface area contributed by atoms with E-state index >= 15 is 0 Å². The summed E-state index contributed by atoms with van der Waals surface area (Å²) in [6, 6.07) is 3.08.